The average molecular weight is 411 g/mol. The van der Waals surface area contributed by atoms with Crippen molar-refractivity contribution in [3.8, 4) is 5.75 Å². The van der Waals surface area contributed by atoms with Crippen LogP contribution in [0.1, 0.15) is 65.5 Å². The van der Waals surface area contributed by atoms with E-state index in [1.807, 2.05) is 27.7 Å². The summed E-state index contributed by atoms with van der Waals surface area (Å²) in [7, 11) is -2.62. The topological polar surface area (TPSA) is 46.2 Å². The first-order valence-electron chi connectivity index (χ1n) is 10.7. The number of fused-ring (bicyclic) bond motifs is 1. The molecule has 5 nitrogen and oxygen atoms in total. The average Bonchev–Trinajstić information content (AvgIpc) is 2.65. The van der Waals surface area contributed by atoms with E-state index in [2.05, 4.69) is 32.0 Å². The van der Waals surface area contributed by atoms with Gasteiger partial charge in [0.25, 0.3) is 0 Å². The first kappa shape index (κ1) is 23.4. The van der Waals surface area contributed by atoms with Crippen molar-refractivity contribution in [3.63, 3.8) is 0 Å². The molecule has 0 radical (unpaired) electrons. The Balaban J connectivity index is 2.04. The predicted octanol–water partition coefficient (Wildman–Crippen LogP) is 5.34. The van der Waals surface area contributed by atoms with Crippen LogP contribution in [-0.2, 0) is 31.0 Å². The number of rotatable bonds is 12. The summed E-state index contributed by atoms with van der Waals surface area (Å²) >= 11 is 0. The minimum atomic E-state index is -2.62. The molecule has 6 heteroatoms. The summed E-state index contributed by atoms with van der Waals surface area (Å²) in [5.74, 6) is 1.04. The predicted molar refractivity (Wildman–Crippen MR) is 113 cm³/mol. The molecule has 0 spiro atoms. The van der Waals surface area contributed by atoms with Gasteiger partial charge in [0.1, 0.15) is 5.75 Å². The van der Waals surface area contributed by atoms with Crippen molar-refractivity contribution in [3.05, 3.63) is 29.3 Å². The van der Waals surface area contributed by atoms with Crippen LogP contribution in [0.15, 0.2) is 18.2 Å². The highest BCUT2D eigenvalue weighted by atomic mass is 28.4. The summed E-state index contributed by atoms with van der Waals surface area (Å²) in [5, 5.41) is 0. The van der Waals surface area contributed by atoms with E-state index in [0.29, 0.717) is 32.3 Å². The van der Waals surface area contributed by atoms with Gasteiger partial charge in [0.2, 0.25) is 5.79 Å². The second kappa shape index (κ2) is 10.7. The Bertz CT molecular complexity index is 590. The number of benzene rings is 1. The Kier molecular flexibility index (Phi) is 8.96. The van der Waals surface area contributed by atoms with Crippen molar-refractivity contribution >= 4 is 8.80 Å². The van der Waals surface area contributed by atoms with Crippen molar-refractivity contribution in [2.75, 3.05) is 19.8 Å². The molecule has 1 atom stereocenters. The molecule has 0 aliphatic carbocycles. The molecule has 1 aromatic rings. The third-order valence-corrected chi connectivity index (χ3v) is 8.02. The Labute approximate surface area is 172 Å². The van der Waals surface area contributed by atoms with E-state index in [-0.39, 0.29) is 0 Å². The lowest BCUT2D eigenvalue weighted by Crippen LogP contribution is -2.46. The molecular weight excluding hydrogens is 372 g/mol. The lowest BCUT2D eigenvalue weighted by molar-refractivity contribution is -0.199. The second-order valence-electron chi connectivity index (χ2n) is 7.88. The molecule has 0 amide bonds. The molecule has 0 bridgehead atoms. The van der Waals surface area contributed by atoms with Crippen molar-refractivity contribution in [2.45, 2.75) is 79.2 Å². The van der Waals surface area contributed by atoms with Crippen LogP contribution in [-0.4, -0.2) is 34.4 Å². The van der Waals surface area contributed by atoms with Crippen molar-refractivity contribution in [2.24, 2.45) is 5.92 Å². The fraction of sp³-hybridized carbons (Fsp3) is 0.727. The minimum absolute atomic E-state index is 0.528. The van der Waals surface area contributed by atoms with Gasteiger partial charge < -0.3 is 22.8 Å². The standard InChI is InChI=1S/C22H38O5Si/c1-7-24-28(25-8-2,26-9-3)15-13-19-10-11-21-20(16-19)17-23-22(6,27-21)14-12-18(4)5/h10-11,16,18H,7-9,12-15,17H2,1-6H3. The zero-order valence-electron chi connectivity index (χ0n) is 18.5. The monoisotopic (exact) mass is 410 g/mol. The molecule has 2 rings (SSSR count). The van der Waals surface area contributed by atoms with Crippen LogP contribution >= 0.6 is 0 Å². The third kappa shape index (κ3) is 6.56. The number of aryl methyl sites for hydroxylation is 1. The summed E-state index contributed by atoms with van der Waals surface area (Å²) in [6, 6.07) is 7.16. The number of ether oxygens (including phenoxy) is 2. The van der Waals surface area contributed by atoms with E-state index >= 15 is 0 Å². The Morgan fingerprint density at radius 3 is 2.29 bits per heavy atom. The molecule has 0 saturated heterocycles. The van der Waals surface area contributed by atoms with Crippen LogP contribution in [0.3, 0.4) is 0 Å². The van der Waals surface area contributed by atoms with E-state index in [9.17, 15) is 0 Å². The molecule has 0 fully saturated rings. The van der Waals surface area contributed by atoms with Crippen LogP contribution in [0.25, 0.3) is 0 Å². The molecule has 1 aliphatic rings. The summed E-state index contributed by atoms with van der Waals surface area (Å²) in [6.45, 7) is 14.9. The van der Waals surface area contributed by atoms with Gasteiger partial charge in [-0.05, 0) is 57.2 Å². The second-order valence-corrected chi connectivity index (χ2v) is 10.6. The van der Waals surface area contributed by atoms with E-state index in [0.717, 1.165) is 36.6 Å². The lowest BCUT2D eigenvalue weighted by Gasteiger charge is -2.36. The van der Waals surface area contributed by atoms with Gasteiger partial charge in [0, 0.05) is 44.8 Å². The number of hydrogen-bond acceptors (Lipinski definition) is 5. The maximum Gasteiger partial charge on any atom is 0.501 e. The fourth-order valence-corrected chi connectivity index (χ4v) is 6.06. The van der Waals surface area contributed by atoms with Crippen LogP contribution in [0, 0.1) is 5.92 Å². The smallest absolute Gasteiger partial charge is 0.462 e. The van der Waals surface area contributed by atoms with Crippen molar-refractivity contribution < 1.29 is 22.8 Å². The van der Waals surface area contributed by atoms with Crippen LogP contribution in [0.5, 0.6) is 5.75 Å². The molecule has 0 N–H and O–H groups in total. The maximum absolute atomic E-state index is 6.20. The highest BCUT2D eigenvalue weighted by molar-refractivity contribution is 6.60. The SMILES string of the molecule is CCO[Si](CCc1ccc2c(c1)COC(C)(CCC(C)C)O2)(OCC)OCC. The Morgan fingerprint density at radius 1 is 1.07 bits per heavy atom. The molecule has 1 aliphatic heterocycles. The van der Waals surface area contributed by atoms with E-state index < -0.39 is 14.6 Å². The normalized spacial score (nSPS) is 19.5. The van der Waals surface area contributed by atoms with Gasteiger partial charge in [-0.2, -0.15) is 0 Å². The Hall–Kier alpha value is -0.923. The highest BCUT2D eigenvalue weighted by Gasteiger charge is 2.40. The summed E-state index contributed by atoms with van der Waals surface area (Å²) in [6.07, 6.45) is 2.84. The fourth-order valence-electron chi connectivity index (χ4n) is 3.47. The van der Waals surface area contributed by atoms with Crippen molar-refractivity contribution in [1.82, 2.24) is 0 Å². The summed E-state index contributed by atoms with van der Waals surface area (Å²) in [4.78, 5) is 0. The zero-order chi connectivity index (χ0) is 20.6. The lowest BCUT2D eigenvalue weighted by atomic mass is 10.0. The van der Waals surface area contributed by atoms with Gasteiger partial charge in [-0.3, -0.25) is 0 Å². The first-order chi connectivity index (χ1) is 13.4. The first-order valence-corrected chi connectivity index (χ1v) is 12.6. The summed E-state index contributed by atoms with van der Waals surface area (Å²) in [5.41, 5.74) is 2.34. The maximum atomic E-state index is 6.20. The van der Waals surface area contributed by atoms with Gasteiger partial charge in [-0.25, -0.2) is 0 Å². The van der Waals surface area contributed by atoms with Gasteiger partial charge in [0.15, 0.2) is 0 Å². The highest BCUT2D eigenvalue weighted by Crippen LogP contribution is 2.35. The molecule has 0 aromatic heterocycles. The van der Waals surface area contributed by atoms with Crippen molar-refractivity contribution in [1.29, 1.82) is 0 Å². The van der Waals surface area contributed by atoms with Gasteiger partial charge in [0.05, 0.1) is 6.61 Å². The van der Waals surface area contributed by atoms with E-state index in [4.69, 9.17) is 22.8 Å². The van der Waals surface area contributed by atoms with Gasteiger partial charge in [-0.15, -0.1) is 0 Å². The van der Waals surface area contributed by atoms with Crippen LogP contribution < -0.4 is 4.74 Å². The molecule has 160 valence electrons. The zero-order valence-corrected chi connectivity index (χ0v) is 19.5. The Morgan fingerprint density at radius 2 is 1.71 bits per heavy atom. The third-order valence-electron chi connectivity index (χ3n) is 4.97. The molecule has 0 saturated carbocycles. The van der Waals surface area contributed by atoms with Gasteiger partial charge >= 0.3 is 8.80 Å². The minimum Gasteiger partial charge on any atom is -0.462 e. The quantitative estimate of drug-likeness (QED) is 0.435. The number of hydrogen-bond donors (Lipinski definition) is 0. The largest absolute Gasteiger partial charge is 0.501 e. The van der Waals surface area contributed by atoms with E-state index in [1.54, 1.807) is 0 Å². The van der Waals surface area contributed by atoms with Crippen LogP contribution in [0.4, 0.5) is 0 Å². The summed E-state index contributed by atoms with van der Waals surface area (Å²) < 4.78 is 30.2. The molecular formula is C22H38O5Si. The van der Waals surface area contributed by atoms with Gasteiger partial charge in [-0.1, -0.05) is 19.9 Å². The van der Waals surface area contributed by atoms with E-state index in [1.165, 1.54) is 5.56 Å². The van der Waals surface area contributed by atoms with Crippen LogP contribution in [0.2, 0.25) is 6.04 Å². The molecule has 1 aromatic carbocycles. The molecule has 28 heavy (non-hydrogen) atoms. The molecule has 1 unspecified atom stereocenters. The molecule has 1 heterocycles.